The van der Waals surface area contributed by atoms with Crippen molar-refractivity contribution in [3.63, 3.8) is 0 Å². The van der Waals surface area contributed by atoms with E-state index in [2.05, 4.69) is 79.9 Å². The normalized spacial score (nSPS) is 19.9. The van der Waals surface area contributed by atoms with Gasteiger partial charge in [0.1, 0.15) is 36.6 Å². The van der Waals surface area contributed by atoms with Crippen LogP contribution in [0.3, 0.4) is 0 Å². The van der Waals surface area contributed by atoms with Gasteiger partial charge in [-0.1, -0.05) is 254 Å². The largest absolute Gasteiger partial charge is 0.394 e. The van der Waals surface area contributed by atoms with Gasteiger partial charge in [0.05, 0.1) is 25.4 Å². The van der Waals surface area contributed by atoms with E-state index in [1.165, 1.54) is 180 Å². The first-order chi connectivity index (χ1) is 37.7. The molecule has 0 radical (unpaired) electrons. The zero-order valence-corrected chi connectivity index (χ0v) is 49.4. The van der Waals surface area contributed by atoms with Crippen LogP contribution < -0.4 is 5.32 Å². The predicted molar refractivity (Wildman–Crippen MR) is 321 cm³/mol. The molecule has 11 heteroatoms. The van der Waals surface area contributed by atoms with Crippen molar-refractivity contribution in [2.75, 3.05) is 13.2 Å². The van der Waals surface area contributed by atoms with Crippen molar-refractivity contribution in [3.8, 4) is 0 Å². The summed E-state index contributed by atoms with van der Waals surface area (Å²) < 4.78 is 11.1. The number of ether oxygens (including phenoxy) is 2. The van der Waals surface area contributed by atoms with Gasteiger partial charge >= 0.3 is 0 Å². The van der Waals surface area contributed by atoms with Gasteiger partial charge in [-0.3, -0.25) is 4.79 Å². The van der Waals surface area contributed by atoms with Crippen LogP contribution in [-0.2, 0) is 14.3 Å². The molecule has 0 aromatic carbocycles. The lowest BCUT2D eigenvalue weighted by Gasteiger charge is -2.40. The fourth-order valence-electron chi connectivity index (χ4n) is 10.1. The molecular weight excluding hydrogens is 967 g/mol. The molecule has 1 fully saturated rings. The summed E-state index contributed by atoms with van der Waals surface area (Å²) in [5.41, 5.74) is 0. The van der Waals surface area contributed by atoms with Gasteiger partial charge in [-0.2, -0.15) is 0 Å². The molecule has 0 spiro atoms. The number of amides is 1. The first-order valence-electron chi connectivity index (χ1n) is 32.2. The van der Waals surface area contributed by atoms with Crippen molar-refractivity contribution in [2.45, 2.75) is 339 Å². The lowest BCUT2D eigenvalue weighted by molar-refractivity contribution is -0.303. The number of carbonyl (C=O) groups excluding carboxylic acids is 1. The summed E-state index contributed by atoms with van der Waals surface area (Å²) in [4.78, 5) is 13.2. The maximum Gasteiger partial charge on any atom is 0.249 e. The summed E-state index contributed by atoms with van der Waals surface area (Å²) in [6.07, 6.45) is 60.1. The zero-order chi connectivity index (χ0) is 56.1. The molecule has 0 bridgehead atoms. The average Bonchev–Trinajstić information content (AvgIpc) is 3.43. The van der Waals surface area contributed by atoms with Crippen LogP contribution in [0.15, 0.2) is 60.8 Å². The zero-order valence-electron chi connectivity index (χ0n) is 49.4. The van der Waals surface area contributed by atoms with Gasteiger partial charge in [0, 0.05) is 0 Å². The Bertz CT molecular complexity index is 1430. The number of hydrogen-bond acceptors (Lipinski definition) is 10. The van der Waals surface area contributed by atoms with Crippen molar-refractivity contribution in [2.24, 2.45) is 0 Å². The number of aliphatic hydroxyl groups excluding tert-OH is 7. The molecule has 1 saturated heterocycles. The number of carbonyl (C=O) groups is 1. The van der Waals surface area contributed by atoms with E-state index < -0.39 is 74.2 Å². The Balaban J connectivity index is 2.28. The predicted octanol–water partition coefficient (Wildman–Crippen LogP) is 14.6. The summed E-state index contributed by atoms with van der Waals surface area (Å²) in [5, 5.41) is 76.3. The third-order valence-corrected chi connectivity index (χ3v) is 15.3. The van der Waals surface area contributed by atoms with E-state index in [4.69, 9.17) is 9.47 Å². The first kappa shape index (κ1) is 72.8. The Hall–Kier alpha value is -2.19. The van der Waals surface area contributed by atoms with Gasteiger partial charge in [-0.05, 0) is 89.9 Å². The summed E-state index contributed by atoms with van der Waals surface area (Å²) in [6, 6.07) is -1.20. The van der Waals surface area contributed by atoms with E-state index in [1.54, 1.807) is 0 Å². The van der Waals surface area contributed by atoms with E-state index in [0.717, 1.165) is 57.8 Å². The number of allylic oxidation sites excluding steroid dienone is 10. The second kappa shape index (κ2) is 54.4. The van der Waals surface area contributed by atoms with Crippen molar-refractivity contribution < 1.29 is 50.0 Å². The second-order valence-corrected chi connectivity index (χ2v) is 22.4. The molecule has 11 nitrogen and oxygen atoms in total. The Morgan fingerprint density at radius 2 is 0.857 bits per heavy atom. The molecule has 8 N–H and O–H groups in total. The maximum atomic E-state index is 13.2. The molecule has 1 aliphatic rings. The highest BCUT2D eigenvalue weighted by Gasteiger charge is 2.44. The Morgan fingerprint density at radius 1 is 0.468 bits per heavy atom. The van der Waals surface area contributed by atoms with Crippen LogP contribution in [0.2, 0.25) is 0 Å². The smallest absolute Gasteiger partial charge is 0.249 e. The van der Waals surface area contributed by atoms with Gasteiger partial charge in [0.2, 0.25) is 5.91 Å². The number of nitrogens with one attached hydrogen (secondary N) is 1. The fraction of sp³-hybridized carbons (Fsp3) is 0.833. The van der Waals surface area contributed by atoms with Crippen molar-refractivity contribution in [3.05, 3.63) is 60.8 Å². The topological polar surface area (TPSA) is 189 Å². The van der Waals surface area contributed by atoms with Crippen LogP contribution in [0.4, 0.5) is 0 Å². The number of hydrogen-bond donors (Lipinski definition) is 8. The highest BCUT2D eigenvalue weighted by Crippen LogP contribution is 2.23. The molecule has 0 aromatic rings. The molecule has 1 aliphatic heterocycles. The van der Waals surface area contributed by atoms with E-state index in [9.17, 15) is 40.5 Å². The van der Waals surface area contributed by atoms with Crippen LogP contribution in [0, 0.1) is 0 Å². The molecule has 1 amide bonds. The second-order valence-electron chi connectivity index (χ2n) is 22.4. The highest BCUT2D eigenvalue weighted by molar-refractivity contribution is 5.80. The molecule has 9 unspecified atom stereocenters. The number of aliphatic hydroxyl groups is 7. The lowest BCUT2D eigenvalue weighted by atomic mass is 9.98. The van der Waals surface area contributed by atoms with Crippen molar-refractivity contribution >= 4 is 5.91 Å². The van der Waals surface area contributed by atoms with Crippen LogP contribution in [0.25, 0.3) is 0 Å². The summed E-state index contributed by atoms with van der Waals surface area (Å²) in [7, 11) is 0. The first-order valence-corrected chi connectivity index (χ1v) is 32.2. The van der Waals surface area contributed by atoms with Gasteiger partial charge < -0.3 is 50.5 Å². The number of rotatable bonds is 55. The van der Waals surface area contributed by atoms with Gasteiger partial charge in [0.15, 0.2) is 6.29 Å². The van der Waals surface area contributed by atoms with Crippen molar-refractivity contribution in [1.82, 2.24) is 5.32 Å². The maximum absolute atomic E-state index is 13.2. The van der Waals surface area contributed by atoms with Crippen LogP contribution in [0.5, 0.6) is 0 Å². The summed E-state index contributed by atoms with van der Waals surface area (Å²) in [6.45, 7) is 3.36. The average molecular weight is 1090 g/mol. The Kier molecular flexibility index (Phi) is 51.4. The molecule has 1 heterocycles. The minimum absolute atomic E-state index is 0.240. The highest BCUT2D eigenvalue weighted by atomic mass is 16.7. The minimum atomic E-state index is -1.68. The monoisotopic (exact) mass is 1090 g/mol. The van der Waals surface area contributed by atoms with E-state index >= 15 is 0 Å². The molecule has 0 saturated carbocycles. The molecule has 9 atom stereocenters. The van der Waals surface area contributed by atoms with Gasteiger partial charge in [-0.25, -0.2) is 0 Å². The Labute approximate surface area is 472 Å². The van der Waals surface area contributed by atoms with Crippen LogP contribution >= 0.6 is 0 Å². The molecule has 1 rings (SSSR count). The molecule has 0 aliphatic carbocycles. The van der Waals surface area contributed by atoms with E-state index in [1.807, 2.05) is 0 Å². The van der Waals surface area contributed by atoms with Crippen LogP contribution in [-0.4, -0.2) is 110 Å². The summed E-state index contributed by atoms with van der Waals surface area (Å²) >= 11 is 0. The van der Waals surface area contributed by atoms with E-state index in [-0.39, 0.29) is 12.8 Å². The molecular formula is C66H121NO10. The minimum Gasteiger partial charge on any atom is -0.394 e. The van der Waals surface area contributed by atoms with Gasteiger partial charge in [0.25, 0.3) is 0 Å². The number of unbranched alkanes of at least 4 members (excludes halogenated alkanes) is 33. The van der Waals surface area contributed by atoms with Gasteiger partial charge in [-0.15, -0.1) is 0 Å². The van der Waals surface area contributed by atoms with Crippen LogP contribution in [0.1, 0.15) is 284 Å². The van der Waals surface area contributed by atoms with E-state index in [0.29, 0.717) is 19.3 Å². The SMILES string of the molecule is CC/C=C\C/C=C\CCCCCCCCCCCCCCCC(O)C(=O)NC(COC1OC(CO)C(O)C(O)C1O)C(O)C(O)CCC/C=C/CC/C=C/CC/C=C/CCCCCCCCCCCCCCCCCCC. The summed E-state index contributed by atoms with van der Waals surface area (Å²) in [5.74, 6) is -0.713. The van der Waals surface area contributed by atoms with Crippen molar-refractivity contribution in [1.29, 1.82) is 0 Å². The molecule has 450 valence electrons. The Morgan fingerprint density at radius 3 is 1.30 bits per heavy atom. The third-order valence-electron chi connectivity index (χ3n) is 15.3. The third kappa shape index (κ3) is 42.3. The molecule has 0 aromatic heterocycles. The molecule has 77 heavy (non-hydrogen) atoms. The lowest BCUT2D eigenvalue weighted by Crippen LogP contribution is -2.60. The standard InChI is InChI=1S/C66H121NO10/c1-3-5-7-9-11-13-15-17-19-21-23-25-26-27-28-29-30-31-32-33-34-36-37-39-41-43-45-47-49-51-53-58(69)61(71)57(56-76-66-64(74)63(73)62(72)60(55-68)77-66)67-65(75)59(70)54-52-50-48-46-44-42-40-38-35-24-22-20-18-16-14-12-10-8-6-4-2/h6,8,12,14,32-33,37,39,45,47,57-64,66,68-74H,3-5,7,9-11,13,15-31,34-36,38,40-44,46,48-56H2,1-2H3,(H,67,75)/b8-6-,14-12-,33-32+,39-37+,47-45+. The quantitative estimate of drug-likeness (QED) is 0.0215. The fourth-order valence-corrected chi connectivity index (χ4v) is 10.1.